The summed E-state index contributed by atoms with van der Waals surface area (Å²) in [6, 6.07) is 45.4. The summed E-state index contributed by atoms with van der Waals surface area (Å²) in [7, 11) is 0. The van der Waals surface area contributed by atoms with Crippen molar-refractivity contribution in [1.82, 2.24) is 20.1 Å². The number of aromatic nitrogens is 1. The third-order valence-corrected chi connectivity index (χ3v) is 16.0. The summed E-state index contributed by atoms with van der Waals surface area (Å²) in [6.07, 6.45) is -0.328. The highest BCUT2D eigenvalue weighted by molar-refractivity contribution is 8.08. The zero-order valence-corrected chi connectivity index (χ0v) is 47.9. The van der Waals surface area contributed by atoms with E-state index in [0.717, 1.165) is 11.3 Å². The topological polar surface area (TPSA) is 187 Å². The molecule has 1 aromatic heterocycles. The lowest BCUT2D eigenvalue weighted by atomic mass is 9.80. The summed E-state index contributed by atoms with van der Waals surface area (Å²) in [4.78, 5) is 86.3. The van der Waals surface area contributed by atoms with Gasteiger partial charge in [0.25, 0.3) is 11.8 Å². The maximum Gasteiger partial charge on any atom is 0.413 e. The molecule has 4 amide bonds. The number of β-lactam (4-membered cyclic amide) rings is 1. The minimum atomic E-state index is -1.42. The lowest BCUT2D eigenvalue weighted by Crippen LogP contribution is -2.71. The van der Waals surface area contributed by atoms with Gasteiger partial charge >= 0.3 is 18.2 Å². The van der Waals surface area contributed by atoms with E-state index in [-0.39, 0.29) is 34.6 Å². The number of nitrogens with zero attached hydrogens (tertiary/aromatic N) is 4. The molecule has 0 saturated carbocycles. The average Bonchev–Trinajstić information content (AvgIpc) is 4.08. The summed E-state index contributed by atoms with van der Waals surface area (Å²) in [5.41, 5.74) is -0.672. The number of benzene rings is 5. The predicted octanol–water partition coefficient (Wildman–Crippen LogP) is 11.8. The number of ether oxygens (including phenoxy) is 4. The number of oxime groups is 1. The number of carbonyl (C=O) groups excluding carboxylic acids is 5. The minimum Gasteiger partial charge on any atom is -0.448 e. The number of amides is 4. The Kier molecular flexibility index (Phi) is 17.1. The van der Waals surface area contributed by atoms with Gasteiger partial charge in [0.15, 0.2) is 16.9 Å². The fourth-order valence-electron chi connectivity index (χ4n) is 9.31. The van der Waals surface area contributed by atoms with Crippen LogP contribution >= 0.6 is 34.9 Å². The highest BCUT2D eigenvalue weighted by Crippen LogP contribution is 2.46. The predicted molar refractivity (Wildman–Crippen MR) is 310 cm³/mol. The largest absolute Gasteiger partial charge is 0.448 e. The molecular formula is C61H62N6O10S3. The Morgan fingerprint density at radius 3 is 1.82 bits per heavy atom. The molecule has 2 fully saturated rings. The van der Waals surface area contributed by atoms with Crippen LogP contribution in [0, 0.1) is 0 Å². The molecule has 2 N–H and O–H groups in total. The van der Waals surface area contributed by atoms with E-state index in [2.05, 4.69) is 20.8 Å². The van der Waals surface area contributed by atoms with Crippen molar-refractivity contribution >= 4 is 75.7 Å². The molecule has 2 saturated heterocycles. The van der Waals surface area contributed by atoms with Crippen molar-refractivity contribution in [2.45, 2.75) is 101 Å². The Balaban J connectivity index is 1.06. The van der Waals surface area contributed by atoms with Gasteiger partial charge in [0.2, 0.25) is 5.60 Å². The van der Waals surface area contributed by atoms with Crippen LogP contribution in [0.2, 0.25) is 0 Å². The van der Waals surface area contributed by atoms with Gasteiger partial charge in [-0.1, -0.05) is 175 Å². The second-order valence-corrected chi connectivity index (χ2v) is 24.3. The number of esters is 1. The number of anilines is 1. The van der Waals surface area contributed by atoms with Crippen LogP contribution < -0.4 is 10.6 Å². The van der Waals surface area contributed by atoms with Gasteiger partial charge in [-0.15, -0.1) is 23.1 Å². The number of thioether (sulfide) groups is 2. The van der Waals surface area contributed by atoms with Crippen molar-refractivity contribution in [2.24, 2.45) is 5.16 Å². The van der Waals surface area contributed by atoms with Crippen LogP contribution in [0.25, 0.3) is 0 Å². The van der Waals surface area contributed by atoms with Crippen molar-refractivity contribution in [3.05, 3.63) is 213 Å². The van der Waals surface area contributed by atoms with Gasteiger partial charge < -0.3 is 29.1 Å². The van der Waals surface area contributed by atoms with E-state index >= 15 is 9.59 Å². The summed E-state index contributed by atoms with van der Waals surface area (Å²) >= 11 is 3.60. The highest BCUT2D eigenvalue weighted by Gasteiger charge is 2.55. The molecule has 3 aliphatic rings. The number of carbonyl (C=O) groups is 5. The molecule has 1 unspecified atom stereocenters. The van der Waals surface area contributed by atoms with Crippen molar-refractivity contribution < 1.29 is 47.8 Å². The molecule has 16 nitrogen and oxygen atoms in total. The third kappa shape index (κ3) is 12.8. The average molecular weight is 1140 g/mol. The van der Waals surface area contributed by atoms with E-state index in [9.17, 15) is 14.4 Å². The molecule has 414 valence electrons. The van der Waals surface area contributed by atoms with Gasteiger partial charge in [0, 0.05) is 32.7 Å². The monoisotopic (exact) mass is 1130 g/mol. The molecule has 0 spiro atoms. The van der Waals surface area contributed by atoms with Crippen molar-refractivity contribution in [3.8, 4) is 0 Å². The fraction of sp³-hybridized carbons (Fsp3) is 0.295. The van der Waals surface area contributed by atoms with Crippen LogP contribution in [0.1, 0.15) is 95.0 Å². The van der Waals surface area contributed by atoms with Gasteiger partial charge in [-0.3, -0.25) is 24.7 Å². The van der Waals surface area contributed by atoms with E-state index in [1.165, 1.54) is 28.4 Å². The molecule has 5 aromatic carbocycles. The first-order chi connectivity index (χ1) is 38.2. The van der Waals surface area contributed by atoms with Crippen LogP contribution in [0.3, 0.4) is 0 Å². The van der Waals surface area contributed by atoms with Gasteiger partial charge in [0.1, 0.15) is 39.7 Å². The third-order valence-electron chi connectivity index (χ3n) is 12.8. The SMILES string of the molecule is CC(C)(C)OC(=O)Nc1nc(/C(=N/OC(c2ccccc2)(c2ccccc2)c2ccccc2)C(=O)NC2C(=O)N3C(C(=O)OC(c4ccccc4)c4ccccc4)=C(S/C=C\[C@@H]4COC(C)(C)N4C(=O)OC(C)(C)C)CS[C@H]23)cs1. The number of nitrogens with one attached hydrogen (secondary N) is 2. The lowest BCUT2D eigenvalue weighted by Gasteiger charge is -2.49. The Hall–Kier alpha value is -7.71. The van der Waals surface area contributed by atoms with Crippen LogP contribution in [0.5, 0.6) is 0 Å². The Labute approximate surface area is 477 Å². The zero-order chi connectivity index (χ0) is 56.8. The molecule has 0 radical (unpaired) electrons. The molecule has 6 aromatic rings. The second kappa shape index (κ2) is 23.9. The fourth-order valence-corrected chi connectivity index (χ4v) is 12.4. The number of fused-ring (bicyclic) bond motifs is 1. The first kappa shape index (κ1) is 57.0. The van der Waals surface area contributed by atoms with Crippen LogP contribution in [-0.2, 0) is 43.8 Å². The Morgan fingerprint density at radius 1 is 0.775 bits per heavy atom. The Bertz CT molecular complexity index is 3160. The number of hydrogen-bond acceptors (Lipinski definition) is 15. The summed E-state index contributed by atoms with van der Waals surface area (Å²) in [6.45, 7) is 14.4. The second-order valence-electron chi connectivity index (χ2n) is 21.3. The van der Waals surface area contributed by atoms with Crippen LogP contribution in [0.15, 0.2) is 184 Å². The summed E-state index contributed by atoms with van der Waals surface area (Å²) in [5.74, 6) is -1.93. The molecule has 3 aliphatic heterocycles. The normalized spacial score (nSPS) is 18.3. The molecule has 0 aliphatic carbocycles. The first-order valence-electron chi connectivity index (χ1n) is 25.9. The quantitative estimate of drug-likeness (QED) is 0.0233. The van der Waals surface area contributed by atoms with Gasteiger partial charge in [-0.05, 0) is 71.9 Å². The van der Waals surface area contributed by atoms with E-state index in [1.54, 1.807) is 71.1 Å². The maximum absolute atomic E-state index is 15.1. The standard InChI is InChI=1S/C61H62N6O10S3/c1-58(2,3)75-56(71)64-55-62-45(37-80-55)47(65-77-61(41-28-18-11-19-29-41,42-30-20-12-21-31-42)43-32-22-13-23-33-43)51(68)63-48-52(69)66-49(54(70)74-50(39-24-14-9-15-25-39)40-26-16-10-17-27-40)46(38-79-53(48)66)78-35-34-44-36-73-60(7,8)67(44)57(72)76-59(4,5)6/h9-35,37,44,48,50,53H,36,38H2,1-8H3,(H,63,68)(H,62,64,71)/b35-34-,65-47-/t44-,48?,53-/m1/s1. The molecule has 9 rings (SSSR count). The summed E-state index contributed by atoms with van der Waals surface area (Å²) in [5, 5.41) is 12.9. The summed E-state index contributed by atoms with van der Waals surface area (Å²) < 4.78 is 23.7. The Morgan fingerprint density at radius 2 is 1.30 bits per heavy atom. The lowest BCUT2D eigenvalue weighted by molar-refractivity contribution is -0.154. The van der Waals surface area contributed by atoms with E-state index in [4.69, 9.17) is 23.8 Å². The van der Waals surface area contributed by atoms with E-state index in [0.29, 0.717) is 32.7 Å². The number of hydrogen-bond donors (Lipinski definition) is 2. The molecule has 4 heterocycles. The van der Waals surface area contributed by atoms with Crippen LogP contribution in [0.4, 0.5) is 14.7 Å². The van der Waals surface area contributed by atoms with Crippen molar-refractivity contribution in [3.63, 3.8) is 0 Å². The van der Waals surface area contributed by atoms with E-state index in [1.807, 2.05) is 158 Å². The zero-order valence-electron chi connectivity index (χ0n) is 45.5. The highest BCUT2D eigenvalue weighted by atomic mass is 32.2. The molecule has 3 atom stereocenters. The van der Waals surface area contributed by atoms with Gasteiger partial charge in [0.05, 0.1) is 12.6 Å². The van der Waals surface area contributed by atoms with Gasteiger partial charge in [-0.25, -0.2) is 19.4 Å². The molecule has 19 heteroatoms. The van der Waals surface area contributed by atoms with Crippen molar-refractivity contribution in [1.29, 1.82) is 0 Å². The smallest absolute Gasteiger partial charge is 0.413 e. The van der Waals surface area contributed by atoms with E-state index < -0.39 is 76.1 Å². The van der Waals surface area contributed by atoms with Crippen LogP contribution in [-0.4, -0.2) is 97.2 Å². The van der Waals surface area contributed by atoms with Crippen molar-refractivity contribution in [2.75, 3.05) is 17.7 Å². The number of thiazole rings is 1. The molecular weight excluding hydrogens is 1070 g/mol. The molecule has 0 bridgehead atoms. The number of rotatable bonds is 16. The maximum atomic E-state index is 15.1. The van der Waals surface area contributed by atoms with Gasteiger partial charge in [-0.2, -0.15) is 0 Å². The minimum absolute atomic E-state index is 0.00992. The first-order valence-corrected chi connectivity index (χ1v) is 28.7. The molecule has 80 heavy (non-hydrogen) atoms.